The number of benzene rings is 2. The van der Waals surface area contributed by atoms with Crippen LogP contribution in [-0.2, 0) is 6.18 Å². The monoisotopic (exact) mass is 698 g/mol. The number of nitriles is 1. The fourth-order valence-electron chi connectivity index (χ4n) is 6.35. The quantitative estimate of drug-likeness (QED) is 0.156. The number of nitrogens with zero attached hydrogens (tertiary/aromatic N) is 6. The van der Waals surface area contributed by atoms with E-state index in [2.05, 4.69) is 26.4 Å². The summed E-state index contributed by atoms with van der Waals surface area (Å²) in [5.41, 5.74) is 8.19. The average Bonchev–Trinajstić information content (AvgIpc) is 3.37. The Morgan fingerprint density at radius 3 is 2.67 bits per heavy atom. The highest BCUT2D eigenvalue weighted by atomic mass is 32.2. The molecule has 16 heteroatoms. The van der Waals surface area contributed by atoms with E-state index in [1.165, 1.54) is 6.20 Å². The van der Waals surface area contributed by atoms with Gasteiger partial charge >= 0.3 is 12.2 Å². The maximum atomic E-state index is 17.1. The molecule has 2 aromatic carbocycles. The number of nitrogens with two attached hydrogens (primary N) is 2. The van der Waals surface area contributed by atoms with Crippen LogP contribution in [0.15, 0.2) is 47.0 Å². The fourth-order valence-corrected chi connectivity index (χ4v) is 7.04. The summed E-state index contributed by atoms with van der Waals surface area (Å²) < 4.78 is 89.6. The molecule has 10 nitrogen and oxygen atoms in total. The van der Waals surface area contributed by atoms with Crippen molar-refractivity contribution in [2.75, 3.05) is 44.0 Å². The van der Waals surface area contributed by atoms with E-state index in [4.69, 9.17) is 20.9 Å². The summed E-state index contributed by atoms with van der Waals surface area (Å²) in [6, 6.07) is 6.00. The Kier molecular flexibility index (Phi) is 9.16. The van der Waals surface area contributed by atoms with E-state index in [-0.39, 0.29) is 53.9 Å². The number of rotatable bonds is 8. The van der Waals surface area contributed by atoms with Gasteiger partial charge in [-0.05, 0) is 51.6 Å². The van der Waals surface area contributed by atoms with Crippen LogP contribution < -0.4 is 25.8 Å². The van der Waals surface area contributed by atoms with Crippen LogP contribution >= 0.6 is 11.8 Å². The van der Waals surface area contributed by atoms with E-state index in [0.29, 0.717) is 17.3 Å². The summed E-state index contributed by atoms with van der Waals surface area (Å²) in [5, 5.41) is 9.60. The number of hydrogen-bond donors (Lipinski definition) is 2. The summed E-state index contributed by atoms with van der Waals surface area (Å²) >= 11 is 0.538. The molecule has 1 fully saturated rings. The van der Waals surface area contributed by atoms with E-state index in [9.17, 15) is 9.65 Å². The summed E-state index contributed by atoms with van der Waals surface area (Å²) in [5.74, 6) is -3.00. The molecule has 0 spiro atoms. The molecule has 0 saturated carbocycles. The predicted octanol–water partition coefficient (Wildman–Crippen LogP) is 6.40. The first-order valence-corrected chi connectivity index (χ1v) is 16.1. The Hall–Kier alpha value is -4.88. The number of likely N-dealkylation sites (tertiary alicyclic amines) is 1. The van der Waals surface area contributed by atoms with Crippen molar-refractivity contribution >= 4 is 34.3 Å². The van der Waals surface area contributed by atoms with Crippen LogP contribution in [0.5, 0.6) is 11.8 Å². The molecule has 2 aliphatic heterocycles. The van der Waals surface area contributed by atoms with Crippen molar-refractivity contribution in [1.82, 2.24) is 19.9 Å². The Bertz CT molecular complexity index is 2000. The van der Waals surface area contributed by atoms with Crippen molar-refractivity contribution in [3.8, 4) is 29.0 Å². The fraction of sp³-hybridized carbons (Fsp3) is 0.333. The van der Waals surface area contributed by atoms with Gasteiger partial charge < -0.3 is 30.7 Å². The molecule has 1 saturated heterocycles. The summed E-state index contributed by atoms with van der Waals surface area (Å²) in [7, 11) is 1.94. The molecule has 2 aliphatic rings. The molecule has 0 amide bonds. The number of aromatic nitrogens is 3. The van der Waals surface area contributed by atoms with Gasteiger partial charge in [-0.15, -0.1) is 0 Å². The molecule has 6 rings (SSSR count). The van der Waals surface area contributed by atoms with Gasteiger partial charge in [0.2, 0.25) is 0 Å². The lowest BCUT2D eigenvalue weighted by Crippen LogP contribution is -2.32. The first-order chi connectivity index (χ1) is 23.3. The second-order valence-corrected chi connectivity index (χ2v) is 12.8. The van der Waals surface area contributed by atoms with Crippen molar-refractivity contribution < 1.29 is 31.4 Å². The van der Waals surface area contributed by atoms with E-state index in [1.807, 2.05) is 7.05 Å². The Balaban J connectivity index is 1.67. The molecule has 1 unspecified atom stereocenters. The second-order valence-electron chi connectivity index (χ2n) is 11.7. The number of nitrogen functional groups attached to an aromatic ring is 1. The van der Waals surface area contributed by atoms with Crippen LogP contribution in [0, 0.1) is 23.0 Å². The van der Waals surface area contributed by atoms with Crippen LogP contribution in [-0.4, -0.2) is 59.2 Å². The molecule has 0 bridgehead atoms. The minimum atomic E-state index is -5.22. The van der Waals surface area contributed by atoms with Gasteiger partial charge in [0.1, 0.15) is 53.6 Å². The van der Waals surface area contributed by atoms with Gasteiger partial charge in [0.25, 0.3) is 0 Å². The first kappa shape index (κ1) is 34.0. The summed E-state index contributed by atoms with van der Waals surface area (Å²) in [6.45, 7) is 5.97. The van der Waals surface area contributed by atoms with Gasteiger partial charge in [-0.25, -0.2) is 13.8 Å². The van der Waals surface area contributed by atoms with E-state index in [1.54, 1.807) is 30.0 Å². The summed E-state index contributed by atoms with van der Waals surface area (Å²) in [6.07, 6.45) is -1.93. The second kappa shape index (κ2) is 13.2. The number of hydrogen-bond acceptors (Lipinski definition) is 11. The highest BCUT2D eigenvalue weighted by Gasteiger charge is 2.44. The lowest BCUT2D eigenvalue weighted by Gasteiger charge is -2.30. The predicted molar refractivity (Wildman–Crippen MR) is 175 cm³/mol. The Morgan fingerprint density at radius 1 is 1.24 bits per heavy atom. The molecule has 2 aromatic heterocycles. The number of likely N-dealkylation sites (N-methyl/N-ethyl adjacent to an activating group) is 1. The molecule has 4 aromatic rings. The molecular formula is C33H31F5N8O2S. The normalized spacial score (nSPS) is 17.0. The van der Waals surface area contributed by atoms with E-state index >= 15 is 17.6 Å². The number of alkyl halides is 3. The molecule has 2 atom stereocenters. The van der Waals surface area contributed by atoms with Crippen molar-refractivity contribution in [2.24, 2.45) is 5.73 Å². The van der Waals surface area contributed by atoms with E-state index < -0.39 is 62.3 Å². The Morgan fingerprint density at radius 2 is 2.02 bits per heavy atom. The van der Waals surface area contributed by atoms with Gasteiger partial charge in [-0.1, -0.05) is 24.4 Å². The molecule has 0 radical (unpaired) electrons. The van der Waals surface area contributed by atoms with Gasteiger partial charge in [0, 0.05) is 28.9 Å². The van der Waals surface area contributed by atoms with Gasteiger partial charge in [-0.3, -0.25) is 0 Å². The topological polar surface area (TPSA) is 139 Å². The lowest BCUT2D eigenvalue weighted by molar-refractivity contribution is -0.138. The minimum Gasteiger partial charge on any atom is -0.490 e. The molecule has 0 aliphatic carbocycles. The largest absolute Gasteiger partial charge is 0.490 e. The number of anilines is 2. The van der Waals surface area contributed by atoms with Crippen LogP contribution in [0.3, 0.4) is 0 Å². The standard InChI is InChI=1S/C33H31F5N8O2S/c1-16(19-7-4-10-42-30(19)41)46-12-13-47-28-24-27(43-32(44-31(24)46)48-15-18-6-5-11-45(18)3)26(35)23(25(28)33(36,37)38)20-8-9-22(34)29(21(20)14-39)49-17(2)40/h4,7-10,16,18H,2,5-6,11-13,15,40H2,1,3H3,(H2,41,42)/t16-,18?/m1/s1. The van der Waals surface area contributed by atoms with Crippen molar-refractivity contribution in [3.63, 3.8) is 0 Å². The summed E-state index contributed by atoms with van der Waals surface area (Å²) in [4.78, 5) is 16.3. The zero-order valence-electron chi connectivity index (χ0n) is 26.4. The van der Waals surface area contributed by atoms with Gasteiger partial charge in [0.05, 0.1) is 33.5 Å². The Labute approximate surface area is 282 Å². The average molecular weight is 699 g/mol. The highest BCUT2D eigenvalue weighted by Crippen LogP contribution is 2.53. The van der Waals surface area contributed by atoms with Crippen LogP contribution in [0.25, 0.3) is 22.0 Å². The maximum absolute atomic E-state index is 17.1. The van der Waals surface area contributed by atoms with Crippen molar-refractivity contribution in [3.05, 3.63) is 70.4 Å². The third-order valence-corrected chi connectivity index (χ3v) is 9.59. The number of pyridine rings is 1. The number of ether oxygens (including phenoxy) is 2. The third kappa shape index (κ3) is 6.24. The molecule has 49 heavy (non-hydrogen) atoms. The zero-order valence-corrected chi connectivity index (χ0v) is 27.3. The third-order valence-electron chi connectivity index (χ3n) is 8.72. The van der Waals surface area contributed by atoms with Gasteiger partial charge in [0.15, 0.2) is 5.82 Å². The molecule has 256 valence electrons. The van der Waals surface area contributed by atoms with Crippen LogP contribution in [0.2, 0.25) is 0 Å². The van der Waals surface area contributed by atoms with Crippen molar-refractivity contribution in [1.29, 1.82) is 5.26 Å². The molecular weight excluding hydrogens is 667 g/mol. The smallest absolute Gasteiger partial charge is 0.420 e. The van der Waals surface area contributed by atoms with Gasteiger partial charge in [-0.2, -0.15) is 28.4 Å². The number of halogens is 5. The first-order valence-electron chi connectivity index (χ1n) is 15.2. The maximum Gasteiger partial charge on any atom is 0.420 e. The van der Waals surface area contributed by atoms with Crippen LogP contribution in [0.4, 0.5) is 33.6 Å². The molecule has 4 N–H and O–H groups in total. The highest BCUT2D eigenvalue weighted by molar-refractivity contribution is 8.03. The number of thioether (sulfide) groups is 1. The van der Waals surface area contributed by atoms with Crippen molar-refractivity contribution in [2.45, 2.75) is 42.9 Å². The van der Waals surface area contributed by atoms with Crippen LogP contribution in [0.1, 0.15) is 42.5 Å². The van der Waals surface area contributed by atoms with E-state index in [0.717, 1.165) is 31.5 Å². The SMILES string of the molecule is C=C(N)Sc1c(F)ccc(-c2c(C(F)(F)F)c3c4c(nc(OCC5CCCN5C)nc4c2F)N([C@H](C)c2cccnc2N)CCO3)c1C#N. The zero-order chi connectivity index (χ0) is 35.2. The lowest BCUT2D eigenvalue weighted by atomic mass is 9.91. The molecule has 4 heterocycles. The minimum absolute atomic E-state index is 0.00867.